The van der Waals surface area contributed by atoms with Crippen molar-refractivity contribution in [3.63, 3.8) is 0 Å². The molecule has 1 aliphatic rings. The van der Waals surface area contributed by atoms with Gasteiger partial charge in [-0.3, -0.25) is 0 Å². The van der Waals surface area contributed by atoms with Gasteiger partial charge in [0.2, 0.25) is 0 Å². The number of nitrogens with one attached hydrogen (secondary N) is 1. The van der Waals surface area contributed by atoms with Crippen LogP contribution in [0.25, 0.3) is 0 Å². The SMILES string of the molecule is NC1(CNCc2cccs2)CCCCC1. The van der Waals surface area contributed by atoms with Crippen LogP contribution in [0, 0.1) is 0 Å². The zero-order valence-electron chi connectivity index (χ0n) is 9.17. The zero-order chi connectivity index (χ0) is 10.6. The molecule has 1 heterocycles. The molecular weight excluding hydrogens is 204 g/mol. The van der Waals surface area contributed by atoms with Crippen LogP contribution in [-0.2, 0) is 6.54 Å². The first kappa shape index (κ1) is 11.1. The van der Waals surface area contributed by atoms with Gasteiger partial charge in [0.1, 0.15) is 0 Å². The van der Waals surface area contributed by atoms with Crippen molar-refractivity contribution in [1.82, 2.24) is 5.32 Å². The van der Waals surface area contributed by atoms with Crippen molar-refractivity contribution in [2.45, 2.75) is 44.2 Å². The van der Waals surface area contributed by atoms with E-state index in [1.165, 1.54) is 37.0 Å². The van der Waals surface area contributed by atoms with Crippen LogP contribution < -0.4 is 11.1 Å². The molecule has 1 aromatic heterocycles. The summed E-state index contributed by atoms with van der Waals surface area (Å²) in [6, 6.07) is 4.27. The molecule has 0 atom stereocenters. The molecule has 1 aromatic rings. The Morgan fingerprint density at radius 2 is 2.13 bits per heavy atom. The maximum Gasteiger partial charge on any atom is 0.0300 e. The Morgan fingerprint density at radius 3 is 2.80 bits per heavy atom. The van der Waals surface area contributed by atoms with E-state index in [1.807, 2.05) is 0 Å². The van der Waals surface area contributed by atoms with Crippen molar-refractivity contribution in [2.75, 3.05) is 6.54 Å². The molecule has 0 aromatic carbocycles. The first-order valence-electron chi connectivity index (χ1n) is 5.81. The van der Waals surface area contributed by atoms with E-state index in [0.29, 0.717) is 0 Å². The summed E-state index contributed by atoms with van der Waals surface area (Å²) in [5, 5.41) is 5.60. The van der Waals surface area contributed by atoms with E-state index in [0.717, 1.165) is 13.1 Å². The van der Waals surface area contributed by atoms with E-state index in [9.17, 15) is 0 Å². The molecule has 1 saturated carbocycles. The van der Waals surface area contributed by atoms with Gasteiger partial charge in [-0.15, -0.1) is 11.3 Å². The second-order valence-corrected chi connectivity index (χ2v) is 5.64. The third-order valence-electron chi connectivity index (χ3n) is 3.21. The summed E-state index contributed by atoms with van der Waals surface area (Å²) in [6.07, 6.45) is 6.34. The van der Waals surface area contributed by atoms with E-state index in [-0.39, 0.29) is 5.54 Å². The summed E-state index contributed by atoms with van der Waals surface area (Å²) in [5.41, 5.74) is 6.40. The van der Waals surface area contributed by atoms with Gasteiger partial charge in [0, 0.05) is 23.5 Å². The van der Waals surface area contributed by atoms with Crippen molar-refractivity contribution in [1.29, 1.82) is 0 Å². The standard InChI is InChI=1S/C12H20N2S/c13-12(6-2-1-3-7-12)10-14-9-11-5-4-8-15-11/h4-5,8,14H,1-3,6-7,9-10,13H2. The summed E-state index contributed by atoms with van der Waals surface area (Å²) in [5.74, 6) is 0. The van der Waals surface area contributed by atoms with Gasteiger partial charge in [-0.25, -0.2) is 0 Å². The van der Waals surface area contributed by atoms with Gasteiger partial charge in [0.05, 0.1) is 0 Å². The molecule has 2 nitrogen and oxygen atoms in total. The first-order chi connectivity index (χ1) is 7.29. The Kier molecular flexibility index (Phi) is 3.78. The third kappa shape index (κ3) is 3.30. The topological polar surface area (TPSA) is 38.0 Å². The minimum atomic E-state index is 0.0650. The van der Waals surface area contributed by atoms with E-state index >= 15 is 0 Å². The molecule has 0 amide bonds. The second kappa shape index (κ2) is 5.10. The fraction of sp³-hybridized carbons (Fsp3) is 0.667. The highest BCUT2D eigenvalue weighted by molar-refractivity contribution is 7.09. The second-order valence-electron chi connectivity index (χ2n) is 4.61. The molecule has 3 N–H and O–H groups in total. The van der Waals surface area contributed by atoms with Gasteiger partial charge in [0.25, 0.3) is 0 Å². The Labute approximate surface area is 95.9 Å². The molecule has 0 unspecified atom stereocenters. The molecule has 0 saturated heterocycles. The van der Waals surface area contributed by atoms with Gasteiger partial charge < -0.3 is 11.1 Å². The Morgan fingerprint density at radius 1 is 1.33 bits per heavy atom. The van der Waals surface area contributed by atoms with E-state index in [1.54, 1.807) is 11.3 Å². The predicted molar refractivity (Wildman–Crippen MR) is 66.0 cm³/mol. The predicted octanol–water partition coefficient (Wildman–Crippen LogP) is 2.50. The molecule has 84 valence electrons. The van der Waals surface area contributed by atoms with Crippen LogP contribution in [0.5, 0.6) is 0 Å². The maximum absolute atomic E-state index is 6.34. The highest BCUT2D eigenvalue weighted by Crippen LogP contribution is 2.25. The van der Waals surface area contributed by atoms with E-state index in [2.05, 4.69) is 22.8 Å². The molecule has 2 rings (SSSR count). The molecule has 0 spiro atoms. The van der Waals surface area contributed by atoms with Crippen molar-refractivity contribution >= 4 is 11.3 Å². The molecule has 1 fully saturated rings. The zero-order valence-corrected chi connectivity index (χ0v) is 9.98. The number of hydrogen-bond donors (Lipinski definition) is 2. The van der Waals surface area contributed by atoms with E-state index < -0.39 is 0 Å². The first-order valence-corrected chi connectivity index (χ1v) is 6.68. The molecule has 0 bridgehead atoms. The largest absolute Gasteiger partial charge is 0.324 e. The molecule has 3 heteroatoms. The minimum absolute atomic E-state index is 0.0650. The van der Waals surface area contributed by atoms with Crippen LogP contribution in [0.2, 0.25) is 0 Å². The fourth-order valence-electron chi connectivity index (χ4n) is 2.28. The average Bonchev–Trinajstić information content (AvgIpc) is 2.71. The molecule has 0 radical (unpaired) electrons. The van der Waals surface area contributed by atoms with Crippen LogP contribution in [-0.4, -0.2) is 12.1 Å². The lowest BCUT2D eigenvalue weighted by Gasteiger charge is -2.33. The van der Waals surface area contributed by atoms with Crippen LogP contribution in [0.4, 0.5) is 0 Å². The molecule has 1 aliphatic carbocycles. The van der Waals surface area contributed by atoms with Crippen LogP contribution in [0.3, 0.4) is 0 Å². The summed E-state index contributed by atoms with van der Waals surface area (Å²) < 4.78 is 0. The Bertz CT molecular complexity index is 276. The third-order valence-corrected chi connectivity index (χ3v) is 4.08. The maximum atomic E-state index is 6.34. The summed E-state index contributed by atoms with van der Waals surface area (Å²) in [4.78, 5) is 1.40. The molecule has 15 heavy (non-hydrogen) atoms. The van der Waals surface area contributed by atoms with Crippen LogP contribution in [0.15, 0.2) is 17.5 Å². The van der Waals surface area contributed by atoms with Gasteiger partial charge in [0.15, 0.2) is 0 Å². The highest BCUT2D eigenvalue weighted by atomic mass is 32.1. The summed E-state index contributed by atoms with van der Waals surface area (Å²) in [6.45, 7) is 1.93. The number of hydrogen-bond acceptors (Lipinski definition) is 3. The lowest BCUT2D eigenvalue weighted by Crippen LogP contribution is -2.49. The average molecular weight is 224 g/mol. The summed E-state index contributed by atoms with van der Waals surface area (Å²) >= 11 is 1.81. The minimum Gasteiger partial charge on any atom is -0.324 e. The quantitative estimate of drug-likeness (QED) is 0.824. The van der Waals surface area contributed by atoms with Crippen molar-refractivity contribution in [3.8, 4) is 0 Å². The van der Waals surface area contributed by atoms with Crippen LogP contribution in [0.1, 0.15) is 37.0 Å². The van der Waals surface area contributed by atoms with Crippen molar-refractivity contribution in [3.05, 3.63) is 22.4 Å². The smallest absolute Gasteiger partial charge is 0.0300 e. The number of thiophene rings is 1. The van der Waals surface area contributed by atoms with Crippen molar-refractivity contribution < 1.29 is 0 Å². The summed E-state index contributed by atoms with van der Waals surface area (Å²) in [7, 11) is 0. The van der Waals surface area contributed by atoms with Gasteiger partial charge in [-0.2, -0.15) is 0 Å². The Hall–Kier alpha value is -0.380. The Balaban J connectivity index is 1.72. The molecule has 0 aliphatic heterocycles. The number of nitrogens with two attached hydrogens (primary N) is 1. The van der Waals surface area contributed by atoms with Crippen molar-refractivity contribution in [2.24, 2.45) is 5.73 Å². The number of rotatable bonds is 4. The van der Waals surface area contributed by atoms with Gasteiger partial charge in [-0.1, -0.05) is 25.3 Å². The van der Waals surface area contributed by atoms with E-state index in [4.69, 9.17) is 5.73 Å². The fourth-order valence-corrected chi connectivity index (χ4v) is 2.95. The van der Waals surface area contributed by atoms with Gasteiger partial charge >= 0.3 is 0 Å². The lowest BCUT2D eigenvalue weighted by molar-refractivity contribution is 0.283. The lowest BCUT2D eigenvalue weighted by atomic mass is 9.82. The normalized spacial score (nSPS) is 20.3. The van der Waals surface area contributed by atoms with Crippen LogP contribution >= 0.6 is 11.3 Å². The monoisotopic (exact) mass is 224 g/mol. The van der Waals surface area contributed by atoms with Gasteiger partial charge in [-0.05, 0) is 24.3 Å². The highest BCUT2D eigenvalue weighted by Gasteiger charge is 2.26. The molecular formula is C12H20N2S.